The van der Waals surface area contributed by atoms with Gasteiger partial charge in [0.2, 0.25) is 5.91 Å². The molecule has 31 heavy (non-hydrogen) atoms. The van der Waals surface area contributed by atoms with Gasteiger partial charge >= 0.3 is 6.18 Å². The number of amidine groups is 1. The highest BCUT2D eigenvalue weighted by atomic mass is 35.5. The van der Waals surface area contributed by atoms with Gasteiger partial charge in [-0.15, -0.1) is 0 Å². The maximum Gasteiger partial charge on any atom is 0.433 e. The van der Waals surface area contributed by atoms with Gasteiger partial charge in [0, 0.05) is 33.9 Å². The molecule has 1 saturated heterocycles. The fourth-order valence-corrected chi connectivity index (χ4v) is 4.88. The Labute approximate surface area is 186 Å². The predicted molar refractivity (Wildman–Crippen MR) is 117 cm³/mol. The monoisotopic (exact) mass is 471 g/mol. The van der Waals surface area contributed by atoms with E-state index in [4.69, 9.17) is 17.0 Å². The minimum Gasteiger partial charge on any atom is -0.382 e. The Hall–Kier alpha value is -2.20. The van der Waals surface area contributed by atoms with Crippen LogP contribution in [-0.2, 0) is 11.0 Å². The van der Waals surface area contributed by atoms with Crippen molar-refractivity contribution in [2.24, 2.45) is 0 Å². The van der Waals surface area contributed by atoms with Crippen molar-refractivity contribution in [3.63, 3.8) is 0 Å². The smallest absolute Gasteiger partial charge is 0.382 e. The van der Waals surface area contributed by atoms with E-state index in [2.05, 4.69) is 20.9 Å². The highest BCUT2D eigenvalue weighted by Gasteiger charge is 2.34. The first-order valence-corrected chi connectivity index (χ1v) is 11.3. The number of fused-ring (bicyclic) bond motifs is 1. The van der Waals surface area contributed by atoms with Gasteiger partial charge in [0.25, 0.3) is 0 Å². The minimum atomic E-state index is -4.55. The summed E-state index contributed by atoms with van der Waals surface area (Å²) < 4.78 is 39.9. The van der Waals surface area contributed by atoms with Gasteiger partial charge in [-0.05, 0) is 49.9 Å². The van der Waals surface area contributed by atoms with Gasteiger partial charge in [0.05, 0.1) is 5.52 Å². The number of amides is 1. The van der Waals surface area contributed by atoms with Crippen molar-refractivity contribution in [3.8, 4) is 0 Å². The number of anilines is 1. The first-order chi connectivity index (χ1) is 14.7. The number of hydrogen-bond acceptors (Lipinski definition) is 5. The van der Waals surface area contributed by atoms with E-state index in [1.165, 1.54) is 23.9 Å². The van der Waals surface area contributed by atoms with Crippen molar-refractivity contribution in [3.05, 3.63) is 35.0 Å². The zero-order chi connectivity index (χ0) is 22.2. The second-order valence-corrected chi connectivity index (χ2v) is 9.22. The van der Waals surface area contributed by atoms with Crippen LogP contribution in [0.2, 0.25) is 5.02 Å². The lowest BCUT2D eigenvalue weighted by Crippen LogP contribution is -2.48. The number of nitrogens with one attached hydrogen (secondary N) is 4. The van der Waals surface area contributed by atoms with Gasteiger partial charge in [-0.2, -0.15) is 13.2 Å². The summed E-state index contributed by atoms with van der Waals surface area (Å²) in [5.41, 5.74) is -0.355. The molecule has 4 N–H and O–H groups in total. The Kier molecular flexibility index (Phi) is 6.20. The van der Waals surface area contributed by atoms with Crippen LogP contribution in [0.5, 0.6) is 0 Å². The molecule has 6 nitrogen and oxygen atoms in total. The second-order valence-electron chi connectivity index (χ2n) is 7.75. The molecule has 0 radical (unpaired) electrons. The van der Waals surface area contributed by atoms with E-state index in [1.807, 2.05) is 0 Å². The molecule has 11 heteroatoms. The average Bonchev–Trinajstić information content (AvgIpc) is 3.15. The lowest BCUT2D eigenvalue weighted by Gasteiger charge is -2.31. The summed E-state index contributed by atoms with van der Waals surface area (Å²) in [5, 5.41) is 17.9. The number of aromatic nitrogens is 1. The number of alkyl halides is 3. The van der Waals surface area contributed by atoms with E-state index < -0.39 is 11.9 Å². The van der Waals surface area contributed by atoms with Crippen LogP contribution in [-0.4, -0.2) is 39.9 Å². The number of hydrogen-bond donors (Lipinski definition) is 4. The van der Waals surface area contributed by atoms with Crippen molar-refractivity contribution in [2.75, 3.05) is 11.1 Å². The third kappa shape index (κ3) is 5.17. The second kappa shape index (κ2) is 8.74. The summed E-state index contributed by atoms with van der Waals surface area (Å²) in [6.07, 6.45) is -1.69. The lowest BCUT2D eigenvalue weighted by molar-refractivity contribution is -0.140. The van der Waals surface area contributed by atoms with Crippen LogP contribution in [0.25, 0.3) is 10.9 Å². The Morgan fingerprint density at radius 3 is 2.55 bits per heavy atom. The highest BCUT2D eigenvalue weighted by molar-refractivity contribution is 8.14. The lowest BCUT2D eigenvalue weighted by atomic mass is 9.90. The molecule has 2 aliphatic rings. The first kappa shape index (κ1) is 22.0. The Morgan fingerprint density at radius 2 is 1.90 bits per heavy atom. The normalized spacial score (nSPS) is 24.1. The molecule has 1 aromatic heterocycles. The van der Waals surface area contributed by atoms with Crippen LogP contribution in [0.3, 0.4) is 0 Å². The molecular weight excluding hydrogens is 451 g/mol. The third-order valence-corrected chi connectivity index (χ3v) is 6.65. The fraction of sp³-hybridized carbons (Fsp3) is 0.450. The third-order valence-electron chi connectivity index (χ3n) is 5.51. The van der Waals surface area contributed by atoms with Crippen molar-refractivity contribution >= 4 is 51.0 Å². The van der Waals surface area contributed by atoms with E-state index in [0.717, 1.165) is 18.9 Å². The number of benzene rings is 1. The SMILES string of the molecule is N=C1NC(C(=O)N[C@H]2CC[C@@H](Nc3cc(C(F)(F)F)nc4ccc(Cl)cc34)CC2)CS1. The molecule has 0 bridgehead atoms. The molecule has 1 aliphatic heterocycles. The number of nitrogens with zero attached hydrogens (tertiary/aromatic N) is 1. The molecule has 1 saturated carbocycles. The van der Waals surface area contributed by atoms with Crippen molar-refractivity contribution in [1.29, 1.82) is 5.41 Å². The van der Waals surface area contributed by atoms with Crippen LogP contribution < -0.4 is 16.0 Å². The minimum absolute atomic E-state index is 0.0153. The summed E-state index contributed by atoms with van der Waals surface area (Å²) >= 11 is 7.36. The van der Waals surface area contributed by atoms with E-state index in [-0.39, 0.29) is 29.5 Å². The fourth-order valence-electron chi connectivity index (χ4n) is 3.92. The molecule has 2 aromatic rings. The van der Waals surface area contributed by atoms with E-state index in [9.17, 15) is 18.0 Å². The maximum absolute atomic E-state index is 13.3. The molecular formula is C20H21ClF3N5OS. The molecule has 1 unspecified atom stereocenters. The van der Waals surface area contributed by atoms with Crippen LogP contribution in [0.1, 0.15) is 31.4 Å². The van der Waals surface area contributed by atoms with Gasteiger partial charge in [-0.3, -0.25) is 10.2 Å². The summed E-state index contributed by atoms with van der Waals surface area (Å²) in [5.74, 6) is 0.427. The van der Waals surface area contributed by atoms with Crippen molar-refractivity contribution < 1.29 is 18.0 Å². The summed E-state index contributed by atoms with van der Waals surface area (Å²) in [6, 6.07) is 5.26. The van der Waals surface area contributed by atoms with E-state index >= 15 is 0 Å². The topological polar surface area (TPSA) is 89.9 Å². The molecule has 1 atom stereocenters. The maximum atomic E-state index is 13.3. The van der Waals surface area contributed by atoms with Crippen molar-refractivity contribution in [2.45, 2.75) is 50.0 Å². The predicted octanol–water partition coefficient (Wildman–Crippen LogP) is 4.39. The first-order valence-electron chi connectivity index (χ1n) is 9.91. The molecule has 4 rings (SSSR count). The number of carbonyl (C=O) groups is 1. The van der Waals surface area contributed by atoms with Crippen LogP contribution in [0.15, 0.2) is 24.3 Å². The average molecular weight is 472 g/mol. The van der Waals surface area contributed by atoms with E-state index in [1.54, 1.807) is 6.07 Å². The Bertz CT molecular complexity index is 1010. The summed E-state index contributed by atoms with van der Waals surface area (Å²) in [7, 11) is 0. The Morgan fingerprint density at radius 1 is 1.19 bits per heavy atom. The van der Waals surface area contributed by atoms with Gasteiger partial charge in [-0.25, -0.2) is 4.98 Å². The van der Waals surface area contributed by atoms with Crippen LogP contribution in [0.4, 0.5) is 18.9 Å². The molecule has 1 aromatic carbocycles. The molecule has 2 fully saturated rings. The molecule has 0 spiro atoms. The number of halogens is 4. The molecule has 1 amide bonds. The zero-order valence-electron chi connectivity index (χ0n) is 16.4. The highest BCUT2D eigenvalue weighted by Crippen LogP contribution is 2.35. The number of rotatable bonds is 4. The van der Waals surface area contributed by atoms with Crippen molar-refractivity contribution in [1.82, 2.24) is 15.6 Å². The van der Waals surface area contributed by atoms with Gasteiger partial charge in [0.1, 0.15) is 11.7 Å². The number of carbonyl (C=O) groups excluding carboxylic acids is 1. The number of pyridine rings is 1. The van der Waals surface area contributed by atoms with Crippen LogP contribution in [0, 0.1) is 5.41 Å². The molecule has 2 heterocycles. The molecule has 166 valence electrons. The molecule has 1 aliphatic carbocycles. The van der Waals surface area contributed by atoms with Gasteiger partial charge < -0.3 is 16.0 Å². The zero-order valence-corrected chi connectivity index (χ0v) is 17.9. The van der Waals surface area contributed by atoms with E-state index in [0.29, 0.717) is 39.9 Å². The van der Waals surface area contributed by atoms with Gasteiger partial charge in [0.15, 0.2) is 5.17 Å². The van der Waals surface area contributed by atoms with Gasteiger partial charge in [-0.1, -0.05) is 23.4 Å². The largest absolute Gasteiger partial charge is 0.433 e. The summed E-state index contributed by atoms with van der Waals surface area (Å²) in [4.78, 5) is 16.1. The number of thioether (sulfide) groups is 1. The summed E-state index contributed by atoms with van der Waals surface area (Å²) in [6.45, 7) is 0. The quantitative estimate of drug-likeness (QED) is 0.531. The Balaban J connectivity index is 1.42. The van der Waals surface area contributed by atoms with Crippen LogP contribution >= 0.6 is 23.4 Å². The standard InChI is InChI=1S/C20H21ClF3N5OS/c21-10-1-6-14-13(7-10)15(8-17(28-14)20(22,23)24)26-11-2-4-12(5-3-11)27-18(30)16-9-31-19(25)29-16/h1,6-8,11-12,16H,2-5,9H2,(H2,25,29)(H,26,28)(H,27,30)/t11-,12+,16?.